The molecule has 36 heavy (non-hydrogen) atoms. The fourth-order valence-electron chi connectivity index (χ4n) is 4.40. The number of aromatic nitrogens is 3. The molecule has 1 atom stereocenters. The Hall–Kier alpha value is -4.04. The maximum atomic E-state index is 13.6. The monoisotopic (exact) mass is 501 g/mol. The number of benzene rings is 3. The first-order chi connectivity index (χ1) is 17.2. The van der Waals surface area contributed by atoms with E-state index in [1.54, 1.807) is 48.7 Å². The summed E-state index contributed by atoms with van der Waals surface area (Å²) in [5, 5.41) is 0. The van der Waals surface area contributed by atoms with Crippen molar-refractivity contribution in [3.8, 4) is 11.1 Å². The molecule has 0 bridgehead atoms. The Morgan fingerprint density at radius 2 is 1.64 bits per heavy atom. The zero-order chi connectivity index (χ0) is 25.4. The van der Waals surface area contributed by atoms with Crippen LogP contribution in [0.4, 0.5) is 4.39 Å². The molecule has 2 heterocycles. The molecule has 1 N–H and O–H groups in total. The normalized spacial score (nSPS) is 12.6. The highest BCUT2D eigenvalue weighted by atomic mass is 32.2. The van der Waals surface area contributed by atoms with Crippen molar-refractivity contribution in [2.45, 2.75) is 24.3 Å². The number of rotatable bonds is 6. The Labute approximate surface area is 208 Å². The van der Waals surface area contributed by atoms with E-state index in [9.17, 15) is 17.6 Å². The van der Waals surface area contributed by atoms with Crippen molar-refractivity contribution < 1.29 is 12.8 Å². The van der Waals surface area contributed by atoms with Gasteiger partial charge in [-0.1, -0.05) is 30.3 Å². The second-order valence-electron chi connectivity index (χ2n) is 8.86. The summed E-state index contributed by atoms with van der Waals surface area (Å²) in [6, 6.07) is 22.3. The van der Waals surface area contributed by atoms with E-state index in [2.05, 4.69) is 9.55 Å². The van der Waals surface area contributed by atoms with E-state index in [1.165, 1.54) is 24.5 Å². The third-order valence-electron chi connectivity index (χ3n) is 6.33. The quantitative estimate of drug-likeness (QED) is 0.349. The van der Waals surface area contributed by atoms with E-state index < -0.39 is 9.84 Å². The number of hydrogen-bond donors (Lipinski definition) is 1. The van der Waals surface area contributed by atoms with Crippen LogP contribution in [0.1, 0.15) is 29.9 Å². The highest BCUT2D eigenvalue weighted by Gasteiger charge is 2.19. The molecule has 0 saturated carbocycles. The van der Waals surface area contributed by atoms with Gasteiger partial charge in [0.2, 0.25) is 5.56 Å². The number of hydrogen-bond acceptors (Lipinski definition) is 4. The maximum absolute atomic E-state index is 13.6. The van der Waals surface area contributed by atoms with Crippen molar-refractivity contribution >= 4 is 20.9 Å². The summed E-state index contributed by atoms with van der Waals surface area (Å²) in [5.74, 6) is 0.500. The zero-order valence-corrected chi connectivity index (χ0v) is 20.6. The number of imidazole rings is 1. The van der Waals surface area contributed by atoms with Gasteiger partial charge in [-0.3, -0.25) is 4.79 Å². The van der Waals surface area contributed by atoms with E-state index in [-0.39, 0.29) is 22.3 Å². The lowest BCUT2D eigenvalue weighted by atomic mass is 10.1. The van der Waals surface area contributed by atoms with Gasteiger partial charge in [-0.2, -0.15) is 0 Å². The van der Waals surface area contributed by atoms with E-state index in [0.717, 1.165) is 39.1 Å². The zero-order valence-electron chi connectivity index (χ0n) is 19.8. The average Bonchev–Trinajstić information content (AvgIpc) is 3.21. The molecule has 3 aromatic carbocycles. The summed E-state index contributed by atoms with van der Waals surface area (Å²) < 4.78 is 39.4. The van der Waals surface area contributed by atoms with Crippen LogP contribution in [0.25, 0.3) is 22.2 Å². The molecule has 0 aliphatic rings. The van der Waals surface area contributed by atoms with E-state index in [4.69, 9.17) is 4.98 Å². The fourth-order valence-corrected chi connectivity index (χ4v) is 5.03. The number of fused-ring (bicyclic) bond motifs is 1. The summed E-state index contributed by atoms with van der Waals surface area (Å²) in [4.78, 5) is 19.4. The molecule has 0 radical (unpaired) electrons. The van der Waals surface area contributed by atoms with Gasteiger partial charge in [0, 0.05) is 24.9 Å². The van der Waals surface area contributed by atoms with Crippen molar-refractivity contribution in [3.63, 3.8) is 0 Å². The molecule has 8 heteroatoms. The van der Waals surface area contributed by atoms with Crippen LogP contribution in [-0.2, 0) is 16.3 Å². The second kappa shape index (κ2) is 9.20. The predicted molar refractivity (Wildman–Crippen MR) is 138 cm³/mol. The highest BCUT2D eigenvalue weighted by molar-refractivity contribution is 7.90. The molecule has 0 fully saturated rings. The van der Waals surface area contributed by atoms with Crippen molar-refractivity contribution in [2.75, 3.05) is 6.26 Å². The van der Waals surface area contributed by atoms with E-state index in [1.807, 2.05) is 25.1 Å². The summed E-state index contributed by atoms with van der Waals surface area (Å²) in [6.07, 6.45) is 3.35. The molecule has 0 spiro atoms. The van der Waals surface area contributed by atoms with Crippen LogP contribution in [0.2, 0.25) is 0 Å². The number of sulfone groups is 1. The van der Waals surface area contributed by atoms with Gasteiger partial charge in [0.15, 0.2) is 9.84 Å². The number of pyridine rings is 1. The van der Waals surface area contributed by atoms with Crippen LogP contribution in [0.3, 0.4) is 0 Å². The largest absolute Gasteiger partial charge is 0.328 e. The molecule has 5 rings (SSSR count). The minimum Gasteiger partial charge on any atom is -0.328 e. The Morgan fingerprint density at radius 1 is 0.944 bits per heavy atom. The standard InChI is InChI=1S/C28H24FN3O3S/c1-18(20-5-9-23(29)10-6-20)32-26-16-21(22-8-14-28(33)30-17-22)7-13-25(26)31-27(32)15-19-3-11-24(12-4-19)36(2,34)35/h3-14,16-18H,15H2,1-2H3,(H,30,33)/t18-/m0/s1. The van der Waals surface area contributed by atoms with Crippen molar-refractivity contribution in [1.82, 2.24) is 14.5 Å². The molecule has 0 amide bonds. The Bertz CT molecular complexity index is 1700. The minimum atomic E-state index is -3.28. The van der Waals surface area contributed by atoms with Gasteiger partial charge in [0.1, 0.15) is 11.6 Å². The summed E-state index contributed by atoms with van der Waals surface area (Å²) >= 11 is 0. The maximum Gasteiger partial charge on any atom is 0.247 e. The Morgan fingerprint density at radius 3 is 2.28 bits per heavy atom. The SMILES string of the molecule is C[C@@H](c1ccc(F)cc1)n1c(Cc2ccc(S(C)(=O)=O)cc2)nc2ccc(-c3ccc(=O)[nH]c3)cc21. The molecule has 182 valence electrons. The number of nitrogens with one attached hydrogen (secondary N) is 1. The van der Waals surface area contributed by atoms with Crippen LogP contribution >= 0.6 is 0 Å². The van der Waals surface area contributed by atoms with Gasteiger partial charge in [0.05, 0.1) is 22.0 Å². The molecule has 5 aromatic rings. The van der Waals surface area contributed by atoms with Crippen LogP contribution in [0.15, 0.2) is 94.7 Å². The fraction of sp³-hybridized carbons (Fsp3) is 0.143. The molecular formula is C28H24FN3O3S. The molecule has 0 saturated heterocycles. The highest BCUT2D eigenvalue weighted by Crippen LogP contribution is 2.31. The molecule has 0 aliphatic heterocycles. The van der Waals surface area contributed by atoms with E-state index in [0.29, 0.717) is 6.42 Å². The Balaban J connectivity index is 1.63. The molecule has 0 unspecified atom stereocenters. The van der Waals surface area contributed by atoms with Gasteiger partial charge in [0.25, 0.3) is 0 Å². The Kier molecular flexibility index (Phi) is 6.05. The van der Waals surface area contributed by atoms with Crippen LogP contribution in [0, 0.1) is 5.82 Å². The number of halogens is 1. The second-order valence-corrected chi connectivity index (χ2v) is 10.9. The third-order valence-corrected chi connectivity index (χ3v) is 7.46. The molecule has 0 aliphatic carbocycles. The molecule has 2 aromatic heterocycles. The molecular weight excluding hydrogens is 477 g/mol. The predicted octanol–water partition coefficient (Wildman–Crippen LogP) is 5.13. The number of nitrogens with zero attached hydrogens (tertiary/aromatic N) is 2. The van der Waals surface area contributed by atoms with Crippen molar-refractivity contribution in [3.05, 3.63) is 118 Å². The van der Waals surface area contributed by atoms with Gasteiger partial charge in [-0.25, -0.2) is 17.8 Å². The summed E-state index contributed by atoms with van der Waals surface area (Å²) in [5.41, 5.74) is 5.19. The van der Waals surface area contributed by atoms with Gasteiger partial charge in [-0.05, 0) is 71.6 Å². The summed E-state index contributed by atoms with van der Waals surface area (Å²) in [7, 11) is -3.28. The summed E-state index contributed by atoms with van der Waals surface area (Å²) in [6.45, 7) is 2.04. The van der Waals surface area contributed by atoms with Crippen LogP contribution in [0.5, 0.6) is 0 Å². The first-order valence-electron chi connectivity index (χ1n) is 11.4. The first kappa shape index (κ1) is 23.7. The average molecular weight is 502 g/mol. The lowest BCUT2D eigenvalue weighted by Crippen LogP contribution is -2.11. The third kappa shape index (κ3) is 4.72. The van der Waals surface area contributed by atoms with Crippen molar-refractivity contribution in [1.29, 1.82) is 0 Å². The van der Waals surface area contributed by atoms with Crippen molar-refractivity contribution in [2.24, 2.45) is 0 Å². The first-order valence-corrected chi connectivity index (χ1v) is 13.3. The topological polar surface area (TPSA) is 84.8 Å². The smallest absolute Gasteiger partial charge is 0.247 e. The van der Waals surface area contributed by atoms with Crippen LogP contribution < -0.4 is 5.56 Å². The molecule has 6 nitrogen and oxygen atoms in total. The van der Waals surface area contributed by atoms with Gasteiger partial charge < -0.3 is 9.55 Å². The lowest BCUT2D eigenvalue weighted by molar-refractivity contribution is 0.602. The van der Waals surface area contributed by atoms with E-state index >= 15 is 0 Å². The number of aromatic amines is 1. The lowest BCUT2D eigenvalue weighted by Gasteiger charge is -2.19. The number of H-pyrrole nitrogens is 1. The minimum absolute atomic E-state index is 0.147. The van der Waals surface area contributed by atoms with Crippen LogP contribution in [-0.4, -0.2) is 29.2 Å². The van der Waals surface area contributed by atoms with Gasteiger partial charge >= 0.3 is 0 Å². The van der Waals surface area contributed by atoms with Gasteiger partial charge in [-0.15, -0.1) is 0 Å².